The Morgan fingerprint density at radius 2 is 1.66 bits per heavy atom. The number of rotatable bonds is 7. The number of carbonyl (C=O) groups is 1. The molecule has 0 unspecified atom stereocenters. The number of ether oxygens (including phenoxy) is 3. The maximum absolute atomic E-state index is 12.5. The van der Waals surface area contributed by atoms with Crippen molar-refractivity contribution in [2.45, 2.75) is 13.1 Å². The van der Waals surface area contributed by atoms with Gasteiger partial charge in [-0.15, -0.1) is 0 Å². The Hall–Kier alpha value is -3.75. The van der Waals surface area contributed by atoms with Gasteiger partial charge >= 0.3 is 5.69 Å². The van der Waals surface area contributed by atoms with E-state index in [0.717, 1.165) is 0 Å². The summed E-state index contributed by atoms with van der Waals surface area (Å²) in [7, 11) is 4.55. The van der Waals surface area contributed by atoms with Gasteiger partial charge in [0.25, 0.3) is 5.56 Å². The fourth-order valence-electron chi connectivity index (χ4n) is 3.02. The van der Waals surface area contributed by atoms with Crippen molar-refractivity contribution in [2.75, 3.05) is 21.3 Å². The lowest BCUT2D eigenvalue weighted by atomic mass is 10.1. The molecule has 0 atom stereocenters. The van der Waals surface area contributed by atoms with Crippen LogP contribution in [-0.4, -0.2) is 36.8 Å². The molecule has 0 bridgehead atoms. The van der Waals surface area contributed by atoms with E-state index in [1.165, 1.54) is 25.9 Å². The highest BCUT2D eigenvalue weighted by Crippen LogP contribution is 2.34. The quantitative estimate of drug-likeness (QED) is 0.614. The molecule has 0 saturated heterocycles. The standard InChI is InChI=1S/C20H21N3O6/c1-27-15-9-17(29-3)16(28-2)8-12(15)10-21-18(24)11-23-14-7-5-4-6-13(14)19(25)22-20(23)26/h4-9H,10-11H2,1-3H3,(H,21,24)(H,22,25,26). The summed E-state index contributed by atoms with van der Waals surface area (Å²) in [6, 6.07) is 9.98. The number of aromatic nitrogens is 2. The molecule has 0 aliphatic carbocycles. The Morgan fingerprint density at radius 3 is 2.34 bits per heavy atom. The van der Waals surface area contributed by atoms with Gasteiger partial charge in [0.05, 0.1) is 32.2 Å². The van der Waals surface area contributed by atoms with Gasteiger partial charge in [-0.2, -0.15) is 0 Å². The molecule has 0 fully saturated rings. The number of methoxy groups -OCH3 is 3. The number of fused-ring (bicyclic) bond motifs is 1. The van der Waals surface area contributed by atoms with E-state index in [1.807, 2.05) is 0 Å². The molecule has 0 aliphatic rings. The minimum Gasteiger partial charge on any atom is -0.496 e. The average Bonchev–Trinajstić information content (AvgIpc) is 2.74. The largest absolute Gasteiger partial charge is 0.496 e. The maximum atomic E-state index is 12.5. The molecule has 152 valence electrons. The number of amides is 1. The third-order valence-corrected chi connectivity index (χ3v) is 4.47. The lowest BCUT2D eigenvalue weighted by Gasteiger charge is -2.15. The third kappa shape index (κ3) is 4.08. The van der Waals surface area contributed by atoms with E-state index in [9.17, 15) is 14.4 Å². The molecular weight excluding hydrogens is 378 g/mol. The number of aromatic amines is 1. The van der Waals surface area contributed by atoms with Gasteiger partial charge in [-0.1, -0.05) is 12.1 Å². The Bertz CT molecular complexity index is 1170. The summed E-state index contributed by atoms with van der Waals surface area (Å²) < 4.78 is 17.1. The van der Waals surface area contributed by atoms with Crippen LogP contribution in [0, 0.1) is 0 Å². The van der Waals surface area contributed by atoms with Gasteiger partial charge in [-0.3, -0.25) is 19.1 Å². The summed E-state index contributed by atoms with van der Waals surface area (Å²) in [5.74, 6) is 1.13. The minimum atomic E-state index is -0.646. The first kappa shape index (κ1) is 20.0. The van der Waals surface area contributed by atoms with Gasteiger partial charge in [0.1, 0.15) is 12.3 Å². The van der Waals surface area contributed by atoms with Crippen molar-refractivity contribution in [3.05, 3.63) is 62.8 Å². The van der Waals surface area contributed by atoms with E-state index in [0.29, 0.717) is 33.7 Å². The van der Waals surface area contributed by atoms with Crippen LogP contribution >= 0.6 is 0 Å². The van der Waals surface area contributed by atoms with E-state index < -0.39 is 17.2 Å². The molecule has 0 radical (unpaired) electrons. The topological polar surface area (TPSA) is 112 Å². The first-order valence-corrected chi connectivity index (χ1v) is 8.76. The van der Waals surface area contributed by atoms with Gasteiger partial charge in [0.15, 0.2) is 11.5 Å². The van der Waals surface area contributed by atoms with Crippen LogP contribution in [0.2, 0.25) is 0 Å². The molecule has 29 heavy (non-hydrogen) atoms. The molecule has 1 heterocycles. The second-order valence-electron chi connectivity index (χ2n) is 6.16. The van der Waals surface area contributed by atoms with Crippen LogP contribution in [0.15, 0.2) is 46.0 Å². The smallest absolute Gasteiger partial charge is 0.329 e. The highest BCUT2D eigenvalue weighted by molar-refractivity contribution is 5.81. The van der Waals surface area contributed by atoms with E-state index in [1.54, 1.807) is 36.4 Å². The fraction of sp³-hybridized carbons (Fsp3) is 0.250. The van der Waals surface area contributed by atoms with E-state index in [2.05, 4.69) is 10.3 Å². The molecular formula is C20H21N3O6. The molecule has 0 spiro atoms. The van der Waals surface area contributed by atoms with Gasteiger partial charge < -0.3 is 19.5 Å². The Balaban J connectivity index is 1.82. The second-order valence-corrected chi connectivity index (χ2v) is 6.16. The number of para-hydroxylation sites is 1. The van der Waals surface area contributed by atoms with Crippen LogP contribution in [0.25, 0.3) is 10.9 Å². The van der Waals surface area contributed by atoms with Crippen molar-refractivity contribution in [3.63, 3.8) is 0 Å². The summed E-state index contributed by atoms with van der Waals surface area (Å²) in [4.78, 5) is 38.8. The molecule has 9 heteroatoms. The molecule has 0 saturated carbocycles. The molecule has 2 N–H and O–H groups in total. The SMILES string of the molecule is COc1cc(OC)c(OC)cc1CNC(=O)Cn1c(=O)[nH]c(=O)c2ccccc21. The third-order valence-electron chi connectivity index (χ3n) is 4.47. The number of carbonyl (C=O) groups excluding carboxylic acids is 1. The number of nitrogens with zero attached hydrogens (tertiary/aromatic N) is 1. The van der Waals surface area contributed by atoms with E-state index in [-0.39, 0.29) is 13.1 Å². The van der Waals surface area contributed by atoms with Gasteiger partial charge in [0, 0.05) is 18.2 Å². The lowest BCUT2D eigenvalue weighted by Crippen LogP contribution is -2.36. The zero-order chi connectivity index (χ0) is 21.0. The number of nitrogens with one attached hydrogen (secondary N) is 2. The van der Waals surface area contributed by atoms with Crippen molar-refractivity contribution in [1.82, 2.24) is 14.9 Å². The van der Waals surface area contributed by atoms with Crippen molar-refractivity contribution in [2.24, 2.45) is 0 Å². The lowest BCUT2D eigenvalue weighted by molar-refractivity contribution is -0.121. The average molecular weight is 399 g/mol. The van der Waals surface area contributed by atoms with E-state index >= 15 is 0 Å². The molecule has 3 aromatic rings. The summed E-state index contributed by atoms with van der Waals surface area (Å²) in [5, 5.41) is 3.09. The number of hydrogen-bond donors (Lipinski definition) is 2. The monoisotopic (exact) mass is 399 g/mol. The molecule has 9 nitrogen and oxygen atoms in total. The first-order valence-electron chi connectivity index (χ1n) is 8.76. The van der Waals surface area contributed by atoms with Crippen LogP contribution in [-0.2, 0) is 17.9 Å². The molecule has 2 aromatic carbocycles. The van der Waals surface area contributed by atoms with Crippen LogP contribution in [0.5, 0.6) is 17.2 Å². The molecule has 1 amide bonds. The van der Waals surface area contributed by atoms with Gasteiger partial charge in [-0.25, -0.2) is 4.79 Å². The second kappa shape index (κ2) is 8.51. The van der Waals surface area contributed by atoms with E-state index in [4.69, 9.17) is 14.2 Å². The molecule has 1 aromatic heterocycles. The Labute approximate surface area is 165 Å². The minimum absolute atomic E-state index is 0.151. The predicted octanol–water partition coefficient (Wildman–Crippen LogP) is 1.03. The van der Waals surface area contributed by atoms with Crippen molar-refractivity contribution >= 4 is 16.8 Å². The van der Waals surface area contributed by atoms with Gasteiger partial charge in [0.2, 0.25) is 5.91 Å². The normalized spacial score (nSPS) is 10.6. The van der Waals surface area contributed by atoms with Crippen molar-refractivity contribution in [1.29, 1.82) is 0 Å². The zero-order valence-electron chi connectivity index (χ0n) is 16.3. The number of H-pyrrole nitrogens is 1. The summed E-state index contributed by atoms with van der Waals surface area (Å²) in [5.41, 5.74) is -0.0675. The van der Waals surface area contributed by atoms with Crippen LogP contribution < -0.4 is 30.8 Å². The highest BCUT2D eigenvalue weighted by atomic mass is 16.5. The zero-order valence-corrected chi connectivity index (χ0v) is 16.3. The highest BCUT2D eigenvalue weighted by Gasteiger charge is 2.14. The number of hydrogen-bond acceptors (Lipinski definition) is 6. The molecule has 0 aliphatic heterocycles. The fourth-order valence-corrected chi connectivity index (χ4v) is 3.02. The van der Waals surface area contributed by atoms with Gasteiger partial charge in [-0.05, 0) is 18.2 Å². The summed E-state index contributed by atoms with van der Waals surface area (Å²) >= 11 is 0. The summed E-state index contributed by atoms with van der Waals surface area (Å²) in [6.07, 6.45) is 0. The summed E-state index contributed by atoms with van der Waals surface area (Å²) in [6.45, 7) is -0.0931. The Morgan fingerprint density at radius 1 is 1.00 bits per heavy atom. The predicted molar refractivity (Wildman–Crippen MR) is 107 cm³/mol. The van der Waals surface area contributed by atoms with Crippen LogP contribution in [0.4, 0.5) is 0 Å². The van der Waals surface area contributed by atoms with Crippen LogP contribution in [0.3, 0.4) is 0 Å². The van der Waals surface area contributed by atoms with Crippen LogP contribution in [0.1, 0.15) is 5.56 Å². The van der Waals surface area contributed by atoms with Crippen molar-refractivity contribution in [3.8, 4) is 17.2 Å². The first-order chi connectivity index (χ1) is 14.0. The Kier molecular flexibility index (Phi) is 5.87. The maximum Gasteiger partial charge on any atom is 0.329 e. The molecule has 3 rings (SSSR count). The van der Waals surface area contributed by atoms with Crippen molar-refractivity contribution < 1.29 is 19.0 Å². The number of benzene rings is 2.